The smallest absolute Gasteiger partial charge is 0.220 e. The summed E-state index contributed by atoms with van der Waals surface area (Å²) in [6.45, 7) is 23.8. The zero-order valence-electron chi connectivity index (χ0n) is 45.8. The number of aryl methyl sites for hydroxylation is 2. The third kappa shape index (κ3) is 24.1. The van der Waals surface area contributed by atoms with Gasteiger partial charge >= 0.3 is 0 Å². The van der Waals surface area contributed by atoms with Gasteiger partial charge in [0.15, 0.2) is 0 Å². The van der Waals surface area contributed by atoms with Crippen LogP contribution < -0.4 is 5.32 Å². The minimum Gasteiger partial charge on any atom is -0.379 e. The van der Waals surface area contributed by atoms with Crippen LogP contribution in [0.5, 0.6) is 0 Å². The lowest BCUT2D eigenvalue weighted by Gasteiger charge is -2.33. The molecule has 3 aromatic rings. The predicted octanol–water partition coefficient (Wildman–Crippen LogP) is 6.20. The van der Waals surface area contributed by atoms with Gasteiger partial charge in [-0.25, -0.2) is 4.68 Å². The van der Waals surface area contributed by atoms with Crippen molar-refractivity contribution in [2.75, 3.05) is 132 Å². The molecule has 418 valence electrons. The van der Waals surface area contributed by atoms with Gasteiger partial charge in [0.25, 0.3) is 0 Å². The quantitative estimate of drug-likeness (QED) is 0.0498. The largest absolute Gasteiger partial charge is 0.379 e. The maximum atomic E-state index is 13.7. The molecule has 1 aromatic carbocycles. The van der Waals surface area contributed by atoms with Gasteiger partial charge in [0.05, 0.1) is 124 Å². The number of aldehydes is 1. The number of hydrogen-bond donors (Lipinski definition) is 1. The molecule has 0 saturated carbocycles. The summed E-state index contributed by atoms with van der Waals surface area (Å²) in [5.74, 6) is 3.00. The first kappa shape index (κ1) is 61.1. The highest BCUT2D eigenvalue weighted by Gasteiger charge is 2.33. The molecule has 19 nitrogen and oxygen atoms in total. The van der Waals surface area contributed by atoms with Gasteiger partial charge in [0.1, 0.15) is 17.9 Å². The Balaban J connectivity index is 0.825. The highest BCUT2D eigenvalue weighted by molar-refractivity contribution is 5.76. The third-order valence-corrected chi connectivity index (χ3v) is 14.0. The summed E-state index contributed by atoms with van der Waals surface area (Å²) in [6.07, 6.45) is 13.4. The van der Waals surface area contributed by atoms with Crippen molar-refractivity contribution in [3.05, 3.63) is 59.4 Å². The van der Waals surface area contributed by atoms with Crippen molar-refractivity contribution in [3.8, 4) is 0 Å². The number of amides is 1. The molecule has 2 aromatic heterocycles. The zero-order valence-corrected chi connectivity index (χ0v) is 45.8. The number of nitrogens with one attached hydrogen (secondary N) is 1. The van der Waals surface area contributed by atoms with E-state index in [9.17, 15) is 9.59 Å². The second-order valence-corrected chi connectivity index (χ2v) is 20.1. The number of likely N-dealkylation sites (tertiary alicyclic amines) is 2. The molecule has 74 heavy (non-hydrogen) atoms. The molecule has 2 fully saturated rings. The summed E-state index contributed by atoms with van der Waals surface area (Å²) < 4.78 is 48.2. The van der Waals surface area contributed by atoms with E-state index < -0.39 is 0 Å². The lowest BCUT2D eigenvalue weighted by Crippen LogP contribution is -2.40. The van der Waals surface area contributed by atoms with Crippen LogP contribution in [0.25, 0.3) is 0 Å². The number of rotatable bonds is 43. The Kier molecular flexibility index (Phi) is 30.6. The fraction of sp³-hybridized carbons (Fsp3) is 0.782. The lowest BCUT2D eigenvalue weighted by molar-refractivity contribution is -0.123. The molecule has 2 aliphatic heterocycles. The number of piperidine rings is 1. The van der Waals surface area contributed by atoms with Crippen LogP contribution in [0.2, 0.25) is 0 Å². The molecule has 0 aliphatic carbocycles. The van der Waals surface area contributed by atoms with E-state index in [1.54, 1.807) is 0 Å². The van der Waals surface area contributed by atoms with Crippen molar-refractivity contribution < 1.29 is 47.5 Å². The van der Waals surface area contributed by atoms with Crippen LogP contribution in [-0.2, 0) is 60.4 Å². The molecule has 2 saturated heterocycles. The Morgan fingerprint density at radius 3 is 1.86 bits per heavy atom. The van der Waals surface area contributed by atoms with Crippen molar-refractivity contribution in [3.63, 3.8) is 0 Å². The zero-order chi connectivity index (χ0) is 52.4. The van der Waals surface area contributed by atoms with Gasteiger partial charge in [-0.1, -0.05) is 49.4 Å². The molecule has 0 bridgehead atoms. The van der Waals surface area contributed by atoms with Gasteiger partial charge in [-0.05, 0) is 110 Å². The first-order valence-electron chi connectivity index (χ1n) is 27.9. The average Bonchev–Trinajstić information content (AvgIpc) is 4.13. The van der Waals surface area contributed by atoms with Crippen LogP contribution in [0.1, 0.15) is 133 Å². The van der Waals surface area contributed by atoms with Crippen LogP contribution in [0.3, 0.4) is 0 Å². The van der Waals surface area contributed by atoms with Crippen molar-refractivity contribution in [1.82, 2.24) is 44.9 Å². The molecular weight excluding hydrogens is 947 g/mol. The topological polar surface area (TPSA) is 188 Å². The van der Waals surface area contributed by atoms with E-state index in [4.69, 9.17) is 37.9 Å². The number of ether oxygens (including phenoxy) is 8. The van der Waals surface area contributed by atoms with Crippen molar-refractivity contribution >= 4 is 12.2 Å². The van der Waals surface area contributed by atoms with Crippen LogP contribution in [0, 0.1) is 12.8 Å². The van der Waals surface area contributed by atoms with Crippen LogP contribution in [0.15, 0.2) is 36.5 Å². The molecule has 0 spiro atoms. The molecule has 2 aliphatic rings. The average molecular weight is 1040 g/mol. The number of benzene rings is 1. The summed E-state index contributed by atoms with van der Waals surface area (Å²) in [7, 11) is 0. The number of carbonyl (C=O) groups is 2. The van der Waals surface area contributed by atoms with Gasteiger partial charge in [-0.3, -0.25) is 9.69 Å². The number of unbranched alkanes of at least 4 members (excludes halogenated alkanes) is 1. The van der Waals surface area contributed by atoms with Gasteiger partial charge in [-0.15, -0.1) is 15.3 Å². The fourth-order valence-corrected chi connectivity index (χ4v) is 9.95. The molecule has 4 atom stereocenters. The molecule has 1 N–H and O–H groups in total. The Labute approximate surface area is 442 Å². The first-order valence-corrected chi connectivity index (χ1v) is 27.9. The summed E-state index contributed by atoms with van der Waals surface area (Å²) >= 11 is 0. The van der Waals surface area contributed by atoms with E-state index in [-0.39, 0.29) is 11.9 Å². The minimum atomic E-state index is -0.00678. The molecule has 1 amide bonds. The van der Waals surface area contributed by atoms with Crippen molar-refractivity contribution in [2.45, 2.75) is 142 Å². The monoisotopic (exact) mass is 1040 g/mol. The second-order valence-electron chi connectivity index (χ2n) is 20.1. The van der Waals surface area contributed by atoms with Gasteiger partial charge in [-0.2, -0.15) is 0 Å². The van der Waals surface area contributed by atoms with Crippen molar-refractivity contribution in [1.29, 1.82) is 0 Å². The highest BCUT2D eigenvalue weighted by Crippen LogP contribution is 2.33. The summed E-state index contributed by atoms with van der Waals surface area (Å²) in [5, 5.41) is 21.1. The van der Waals surface area contributed by atoms with E-state index >= 15 is 0 Å². The minimum absolute atomic E-state index is 0.00678. The second kappa shape index (κ2) is 37.1. The van der Waals surface area contributed by atoms with Gasteiger partial charge < -0.3 is 57.5 Å². The number of nitrogens with zero attached hydrogens (tertiary/aromatic N) is 8. The Bertz CT molecular complexity index is 1900. The maximum absolute atomic E-state index is 13.7. The van der Waals surface area contributed by atoms with Crippen LogP contribution in [-0.4, -0.2) is 196 Å². The number of hydrogen-bond acceptors (Lipinski definition) is 16. The molecule has 4 unspecified atom stereocenters. The predicted molar refractivity (Wildman–Crippen MR) is 283 cm³/mol. The van der Waals surface area contributed by atoms with E-state index in [0.717, 1.165) is 94.8 Å². The van der Waals surface area contributed by atoms with Crippen LogP contribution >= 0.6 is 0 Å². The SMILES string of the molecule is Cc1nnc(C(C)C)n1C(C)CC1CCC(C)N1CCC(NC(=O)CC1CCN(CCCCc2cn(CCOCCOCCOCCOCCOCCOCCOCCOCCC=O)nn2)CC1)c1ccccc1. The van der Waals surface area contributed by atoms with Crippen molar-refractivity contribution in [2.24, 2.45) is 5.92 Å². The first-order chi connectivity index (χ1) is 36.2. The molecular formula is C55H93N9O10. The van der Waals surface area contributed by atoms with Crippen LogP contribution in [0.4, 0.5) is 0 Å². The van der Waals surface area contributed by atoms with Gasteiger partial charge in [0, 0.05) is 49.6 Å². The van der Waals surface area contributed by atoms with Gasteiger partial charge in [0.2, 0.25) is 5.91 Å². The third-order valence-electron chi connectivity index (χ3n) is 14.0. The van der Waals surface area contributed by atoms with E-state index in [2.05, 4.69) is 105 Å². The molecule has 4 heterocycles. The summed E-state index contributed by atoms with van der Waals surface area (Å²) in [5.41, 5.74) is 2.20. The Morgan fingerprint density at radius 1 is 0.703 bits per heavy atom. The molecule has 0 radical (unpaired) electrons. The Morgan fingerprint density at radius 2 is 1.28 bits per heavy atom. The highest BCUT2D eigenvalue weighted by atomic mass is 16.6. The normalized spacial score (nSPS) is 17.6. The summed E-state index contributed by atoms with van der Waals surface area (Å²) in [4.78, 5) is 29.1. The summed E-state index contributed by atoms with van der Waals surface area (Å²) in [6, 6.07) is 11.9. The van der Waals surface area contributed by atoms with E-state index in [1.165, 1.54) is 18.4 Å². The van der Waals surface area contributed by atoms with E-state index in [0.29, 0.717) is 155 Å². The molecule has 5 rings (SSSR count). The molecule has 19 heteroatoms. The number of carbonyl (C=O) groups excluding carboxylic acids is 2. The standard InChI is InChI=1S/C55H93N9O10/c1-45(2)55-59-57-48(5)64(55)47(4)42-52-16-15-46(3)63(52)23-19-53(50-12-7-6-8-13-50)56-54(66)43-49-17-21-61(22-18-49)20-10-9-14-51-44-62(60-58-51)24-27-68-29-31-70-33-35-72-37-39-74-41-40-73-38-36-71-34-32-69-30-28-67-26-11-25-65/h6-8,12-13,25,44-47,49,52-53H,9-11,14-24,26-43H2,1-5H3,(H,56,66). The fourth-order valence-electron chi connectivity index (χ4n) is 9.95. The Hall–Kier alpha value is -3.76. The maximum Gasteiger partial charge on any atom is 0.220 e. The lowest BCUT2D eigenvalue weighted by atomic mass is 9.92. The van der Waals surface area contributed by atoms with E-state index in [1.807, 2.05) is 10.9 Å². The number of aromatic nitrogens is 6.